The molecule has 2 rings (SSSR count). The SMILES string of the molecule is CCCN1CCCCC1C(=O)NCc1ccc(C(F)(F)F)cc1. The first-order chi connectivity index (χ1) is 10.9. The fourth-order valence-corrected chi connectivity index (χ4v) is 2.96. The first kappa shape index (κ1) is 17.8. The maximum absolute atomic E-state index is 12.5. The standard InChI is InChI=1S/C17H23F3N2O/c1-2-10-22-11-4-3-5-15(22)16(23)21-12-13-6-8-14(9-7-13)17(18,19)20/h6-9,15H,2-5,10-12H2,1H3,(H,21,23). The monoisotopic (exact) mass is 328 g/mol. The van der Waals surface area contributed by atoms with E-state index in [1.165, 1.54) is 12.1 Å². The molecule has 1 aromatic rings. The van der Waals surface area contributed by atoms with Gasteiger partial charge in [-0.05, 0) is 50.0 Å². The molecule has 1 heterocycles. The van der Waals surface area contributed by atoms with Crippen LogP contribution in [0.5, 0.6) is 0 Å². The Labute approximate surface area is 134 Å². The molecule has 1 N–H and O–H groups in total. The second-order valence-electron chi connectivity index (χ2n) is 5.96. The van der Waals surface area contributed by atoms with Crippen LogP contribution in [0.3, 0.4) is 0 Å². The van der Waals surface area contributed by atoms with E-state index in [0.29, 0.717) is 5.56 Å². The zero-order chi connectivity index (χ0) is 16.9. The van der Waals surface area contributed by atoms with E-state index in [1.807, 2.05) is 0 Å². The smallest absolute Gasteiger partial charge is 0.351 e. The number of amides is 1. The molecule has 1 aliphatic heterocycles. The van der Waals surface area contributed by atoms with Crippen molar-refractivity contribution in [1.82, 2.24) is 10.2 Å². The number of hydrogen-bond acceptors (Lipinski definition) is 2. The molecule has 1 amide bonds. The number of piperidine rings is 1. The van der Waals surface area contributed by atoms with Gasteiger partial charge in [0.05, 0.1) is 11.6 Å². The van der Waals surface area contributed by atoms with Crippen molar-refractivity contribution in [2.75, 3.05) is 13.1 Å². The summed E-state index contributed by atoms with van der Waals surface area (Å²) in [5.41, 5.74) is -0.00169. The van der Waals surface area contributed by atoms with Gasteiger partial charge < -0.3 is 5.32 Å². The highest BCUT2D eigenvalue weighted by atomic mass is 19.4. The largest absolute Gasteiger partial charge is 0.416 e. The van der Waals surface area contributed by atoms with Crippen LogP contribution in [0.15, 0.2) is 24.3 Å². The highest BCUT2D eigenvalue weighted by Gasteiger charge is 2.30. The lowest BCUT2D eigenvalue weighted by atomic mass is 10.0. The number of alkyl halides is 3. The van der Waals surface area contributed by atoms with Gasteiger partial charge in [0, 0.05) is 6.54 Å². The van der Waals surface area contributed by atoms with Crippen LogP contribution in [0.25, 0.3) is 0 Å². The third-order valence-corrected chi connectivity index (χ3v) is 4.18. The number of nitrogens with one attached hydrogen (secondary N) is 1. The van der Waals surface area contributed by atoms with E-state index < -0.39 is 11.7 Å². The van der Waals surface area contributed by atoms with E-state index in [2.05, 4.69) is 17.1 Å². The Hall–Kier alpha value is -1.56. The Morgan fingerprint density at radius 1 is 1.26 bits per heavy atom. The molecule has 0 radical (unpaired) electrons. The number of hydrogen-bond donors (Lipinski definition) is 1. The molecule has 1 unspecified atom stereocenters. The lowest BCUT2D eigenvalue weighted by Crippen LogP contribution is -2.49. The number of halogens is 3. The highest BCUT2D eigenvalue weighted by Crippen LogP contribution is 2.29. The van der Waals surface area contributed by atoms with E-state index >= 15 is 0 Å². The van der Waals surface area contributed by atoms with Gasteiger partial charge >= 0.3 is 6.18 Å². The minimum atomic E-state index is -4.33. The summed E-state index contributed by atoms with van der Waals surface area (Å²) in [7, 11) is 0. The highest BCUT2D eigenvalue weighted by molar-refractivity contribution is 5.81. The van der Waals surface area contributed by atoms with Crippen LogP contribution >= 0.6 is 0 Å². The van der Waals surface area contributed by atoms with Gasteiger partial charge in [-0.25, -0.2) is 0 Å². The van der Waals surface area contributed by atoms with Gasteiger partial charge in [-0.3, -0.25) is 9.69 Å². The fourth-order valence-electron chi connectivity index (χ4n) is 2.96. The maximum Gasteiger partial charge on any atom is 0.416 e. The summed E-state index contributed by atoms with van der Waals surface area (Å²) in [6, 6.07) is 4.80. The minimum absolute atomic E-state index is 0.0296. The zero-order valence-corrected chi connectivity index (χ0v) is 13.3. The second-order valence-corrected chi connectivity index (χ2v) is 5.96. The summed E-state index contributed by atoms with van der Waals surface area (Å²) in [5.74, 6) is -0.0296. The Morgan fingerprint density at radius 3 is 2.57 bits per heavy atom. The van der Waals surface area contributed by atoms with Crippen molar-refractivity contribution in [1.29, 1.82) is 0 Å². The van der Waals surface area contributed by atoms with Gasteiger partial charge in [-0.1, -0.05) is 25.5 Å². The molecule has 128 valence electrons. The summed E-state index contributed by atoms with van der Waals surface area (Å²) < 4.78 is 37.6. The average Bonchev–Trinajstić information content (AvgIpc) is 2.53. The molecule has 0 aromatic heterocycles. The number of rotatable bonds is 5. The second kappa shape index (κ2) is 7.81. The number of carbonyl (C=O) groups is 1. The molecule has 0 bridgehead atoms. The summed E-state index contributed by atoms with van der Waals surface area (Å²) >= 11 is 0. The van der Waals surface area contributed by atoms with Crippen LogP contribution in [-0.4, -0.2) is 29.9 Å². The van der Waals surface area contributed by atoms with E-state index in [0.717, 1.165) is 50.9 Å². The third-order valence-electron chi connectivity index (χ3n) is 4.18. The Balaban J connectivity index is 1.90. The summed E-state index contributed by atoms with van der Waals surface area (Å²) in [6.45, 7) is 4.18. The first-order valence-electron chi connectivity index (χ1n) is 8.09. The van der Waals surface area contributed by atoms with Gasteiger partial charge in [-0.15, -0.1) is 0 Å². The molecule has 1 aromatic carbocycles. The summed E-state index contributed by atoms with van der Waals surface area (Å²) in [6.07, 6.45) is -0.326. The van der Waals surface area contributed by atoms with Crippen LogP contribution in [-0.2, 0) is 17.5 Å². The molecule has 1 aliphatic rings. The van der Waals surface area contributed by atoms with E-state index in [-0.39, 0.29) is 18.5 Å². The number of likely N-dealkylation sites (tertiary alicyclic amines) is 1. The first-order valence-corrected chi connectivity index (χ1v) is 8.09. The number of carbonyl (C=O) groups excluding carboxylic acids is 1. The zero-order valence-electron chi connectivity index (χ0n) is 13.3. The van der Waals surface area contributed by atoms with Gasteiger partial charge in [0.1, 0.15) is 0 Å². The van der Waals surface area contributed by atoms with Crippen LogP contribution in [0.1, 0.15) is 43.7 Å². The lowest BCUT2D eigenvalue weighted by molar-refractivity contribution is -0.137. The van der Waals surface area contributed by atoms with Crippen LogP contribution in [0, 0.1) is 0 Å². The van der Waals surface area contributed by atoms with Gasteiger partial charge in [0.2, 0.25) is 5.91 Å². The fraction of sp³-hybridized carbons (Fsp3) is 0.588. The third kappa shape index (κ3) is 4.96. The van der Waals surface area contributed by atoms with Crippen LogP contribution in [0.2, 0.25) is 0 Å². The average molecular weight is 328 g/mol. The topological polar surface area (TPSA) is 32.3 Å². The predicted octanol–water partition coefficient (Wildman–Crippen LogP) is 3.59. The van der Waals surface area contributed by atoms with Crippen LogP contribution < -0.4 is 5.32 Å². The van der Waals surface area contributed by atoms with Gasteiger partial charge in [0.25, 0.3) is 0 Å². The Kier molecular flexibility index (Phi) is 6.04. The predicted molar refractivity (Wildman–Crippen MR) is 82.8 cm³/mol. The molecule has 0 aliphatic carbocycles. The van der Waals surface area contributed by atoms with E-state index in [9.17, 15) is 18.0 Å². The van der Waals surface area contributed by atoms with Gasteiger partial charge in [0.15, 0.2) is 0 Å². The lowest BCUT2D eigenvalue weighted by Gasteiger charge is -2.34. The van der Waals surface area contributed by atoms with Crippen molar-refractivity contribution in [2.45, 2.75) is 51.4 Å². The molecule has 1 atom stereocenters. The summed E-state index contributed by atoms with van der Waals surface area (Å²) in [4.78, 5) is 14.6. The van der Waals surface area contributed by atoms with Crippen molar-refractivity contribution in [3.05, 3.63) is 35.4 Å². The number of nitrogens with zero attached hydrogens (tertiary/aromatic N) is 1. The van der Waals surface area contributed by atoms with Crippen molar-refractivity contribution in [3.8, 4) is 0 Å². The minimum Gasteiger partial charge on any atom is -0.351 e. The Bertz CT molecular complexity index is 512. The van der Waals surface area contributed by atoms with E-state index in [4.69, 9.17) is 0 Å². The van der Waals surface area contributed by atoms with Crippen molar-refractivity contribution in [2.24, 2.45) is 0 Å². The molecular formula is C17H23F3N2O. The quantitative estimate of drug-likeness (QED) is 0.896. The number of benzene rings is 1. The molecule has 1 fully saturated rings. The maximum atomic E-state index is 12.5. The van der Waals surface area contributed by atoms with Crippen LogP contribution in [0.4, 0.5) is 13.2 Å². The molecule has 0 spiro atoms. The molecule has 23 heavy (non-hydrogen) atoms. The normalized spacial score (nSPS) is 19.6. The van der Waals surface area contributed by atoms with Crippen molar-refractivity contribution < 1.29 is 18.0 Å². The summed E-state index contributed by atoms with van der Waals surface area (Å²) in [5, 5.41) is 2.85. The van der Waals surface area contributed by atoms with Crippen molar-refractivity contribution >= 4 is 5.91 Å². The molecule has 3 nitrogen and oxygen atoms in total. The molecule has 1 saturated heterocycles. The van der Waals surface area contributed by atoms with Crippen molar-refractivity contribution in [3.63, 3.8) is 0 Å². The van der Waals surface area contributed by atoms with Gasteiger partial charge in [-0.2, -0.15) is 13.2 Å². The Morgan fingerprint density at radius 2 is 1.96 bits per heavy atom. The van der Waals surface area contributed by atoms with E-state index in [1.54, 1.807) is 0 Å². The molecule has 6 heteroatoms. The molecule has 0 saturated carbocycles. The molecular weight excluding hydrogens is 305 g/mol.